The number of esters is 3. The van der Waals surface area contributed by atoms with Crippen LogP contribution in [0.5, 0.6) is 0 Å². The molecule has 0 saturated carbocycles. The van der Waals surface area contributed by atoms with Crippen LogP contribution in [-0.4, -0.2) is 66.5 Å². The van der Waals surface area contributed by atoms with Crippen molar-refractivity contribution in [3.63, 3.8) is 0 Å². The van der Waals surface area contributed by atoms with E-state index in [0.29, 0.717) is 19.3 Å². The molecular weight excluding hydrogens is 904 g/mol. The van der Waals surface area contributed by atoms with Gasteiger partial charge in [0.25, 0.3) is 0 Å². The second kappa shape index (κ2) is 52.0. The maximum Gasteiger partial charge on any atom is 0.472 e. The molecule has 3 atom stereocenters. The normalized spacial score (nSPS) is 14.1. The van der Waals surface area contributed by atoms with Crippen molar-refractivity contribution in [2.45, 2.75) is 238 Å². The summed E-state index contributed by atoms with van der Waals surface area (Å²) in [6.45, 7) is 4.36. The Morgan fingerprint density at radius 1 is 0.429 bits per heavy atom. The molecule has 0 amide bonds. The lowest BCUT2D eigenvalue weighted by Gasteiger charge is -2.21. The molecule has 0 spiro atoms. The summed E-state index contributed by atoms with van der Waals surface area (Å²) in [5.41, 5.74) is 0. The van der Waals surface area contributed by atoms with Crippen molar-refractivity contribution >= 4 is 25.7 Å². The van der Waals surface area contributed by atoms with Gasteiger partial charge in [0.2, 0.25) is 0 Å². The summed E-state index contributed by atoms with van der Waals surface area (Å²) >= 11 is 0. The van der Waals surface area contributed by atoms with Crippen molar-refractivity contribution < 1.29 is 52.2 Å². The van der Waals surface area contributed by atoms with Crippen molar-refractivity contribution in [3.05, 3.63) is 85.1 Å². The minimum Gasteiger partial charge on any atom is -0.461 e. The fraction of sp³-hybridized carbons (Fsp3) is 0.707. The molecule has 11 nitrogen and oxygen atoms in total. The molecule has 0 aromatic rings. The van der Waals surface area contributed by atoms with E-state index in [2.05, 4.69) is 87.6 Å². The lowest BCUT2D eigenvalue weighted by atomic mass is 10.1. The maximum atomic E-state index is 12.9. The summed E-state index contributed by atoms with van der Waals surface area (Å²) in [6.07, 6.45) is 58.7. The first-order chi connectivity index (χ1) is 34.2. The van der Waals surface area contributed by atoms with Crippen LogP contribution in [0.3, 0.4) is 0 Å². The Kier molecular flexibility index (Phi) is 49.5. The van der Waals surface area contributed by atoms with E-state index < -0.39 is 64.4 Å². The number of phosphoric acid groups is 1. The van der Waals surface area contributed by atoms with Crippen molar-refractivity contribution in [1.82, 2.24) is 0 Å². The molecule has 0 aromatic heterocycles. The highest BCUT2D eigenvalue weighted by atomic mass is 31.2. The number of aliphatic hydroxyl groups excluding tert-OH is 1. The van der Waals surface area contributed by atoms with Crippen molar-refractivity contribution in [2.24, 2.45) is 0 Å². The standard InChI is InChI=1S/C58H99O11P/c1-4-7-10-13-16-19-21-23-25-26-27-28-30-32-34-37-40-43-46-49-58(62)69-55(51-65-56(60)47-44-41-38-36-33-31-29-24-22-20-17-14-11-8-5-2)53-67-70(63,64)66-52-54(50-59)68-57(61)48-45-42-39-35-18-15-12-9-6-3/h8,11,16-17,19-20,23-25,29,33,36,41,44,54-55,59H,4-7,9-10,12-15,18,21-22,26-28,30-32,34-35,37-40,42-43,45-53H2,1-3H3,(H,63,64)/b11-8-,19-16-,20-17-,25-23-,29-24-,36-33-,44-41-. The highest BCUT2D eigenvalue weighted by Gasteiger charge is 2.28. The van der Waals surface area contributed by atoms with E-state index in [1.165, 1.54) is 83.5 Å². The highest BCUT2D eigenvalue weighted by molar-refractivity contribution is 7.47. The summed E-state index contributed by atoms with van der Waals surface area (Å²) in [5.74, 6) is -1.62. The van der Waals surface area contributed by atoms with E-state index in [0.717, 1.165) is 83.5 Å². The zero-order valence-electron chi connectivity index (χ0n) is 44.2. The molecule has 0 radical (unpaired) electrons. The number of ether oxygens (including phenoxy) is 3. The molecule has 0 saturated heterocycles. The third kappa shape index (κ3) is 49.6. The number of allylic oxidation sites excluding steroid dienone is 13. The summed E-state index contributed by atoms with van der Waals surface area (Å²) in [6, 6.07) is 0. The average Bonchev–Trinajstić information content (AvgIpc) is 3.35. The minimum absolute atomic E-state index is 0.00818. The maximum absolute atomic E-state index is 12.9. The Morgan fingerprint density at radius 3 is 1.24 bits per heavy atom. The summed E-state index contributed by atoms with van der Waals surface area (Å²) in [5, 5.41) is 9.76. The van der Waals surface area contributed by atoms with E-state index in [9.17, 15) is 28.9 Å². The Bertz CT molecular complexity index is 1500. The fourth-order valence-corrected chi connectivity index (χ4v) is 7.95. The predicted molar refractivity (Wildman–Crippen MR) is 288 cm³/mol. The molecule has 0 aliphatic carbocycles. The van der Waals surface area contributed by atoms with Gasteiger partial charge in [0.15, 0.2) is 6.10 Å². The quantitative estimate of drug-likeness (QED) is 0.0197. The number of phosphoric ester groups is 1. The van der Waals surface area contributed by atoms with Crippen LogP contribution in [0.25, 0.3) is 0 Å². The average molecular weight is 1000 g/mol. The van der Waals surface area contributed by atoms with Gasteiger partial charge in [-0.1, -0.05) is 215 Å². The number of carbonyl (C=O) groups excluding carboxylic acids is 3. The fourth-order valence-electron chi connectivity index (χ4n) is 7.16. The Hall–Kier alpha value is -3.34. The third-order valence-electron chi connectivity index (χ3n) is 11.3. The molecule has 2 N–H and O–H groups in total. The van der Waals surface area contributed by atoms with Gasteiger partial charge in [0, 0.05) is 12.8 Å². The molecule has 0 bridgehead atoms. The van der Waals surface area contributed by atoms with Gasteiger partial charge in [-0.05, 0) is 77.0 Å². The number of hydrogen-bond donors (Lipinski definition) is 2. The van der Waals surface area contributed by atoms with E-state index in [-0.39, 0.29) is 19.3 Å². The van der Waals surface area contributed by atoms with Gasteiger partial charge in [-0.2, -0.15) is 0 Å². The molecule has 12 heteroatoms. The zero-order valence-corrected chi connectivity index (χ0v) is 45.1. The molecule has 0 aliphatic rings. The Morgan fingerprint density at radius 2 is 0.786 bits per heavy atom. The molecule has 0 fully saturated rings. The molecule has 0 rings (SSSR count). The molecule has 0 aliphatic heterocycles. The Balaban J connectivity index is 4.83. The monoisotopic (exact) mass is 1000 g/mol. The topological polar surface area (TPSA) is 155 Å². The van der Waals surface area contributed by atoms with Gasteiger partial charge < -0.3 is 24.2 Å². The molecule has 0 aromatic carbocycles. The Labute approximate surface area is 426 Å². The largest absolute Gasteiger partial charge is 0.472 e. The van der Waals surface area contributed by atoms with Gasteiger partial charge in [0.1, 0.15) is 12.7 Å². The first-order valence-electron chi connectivity index (χ1n) is 27.5. The first-order valence-corrected chi connectivity index (χ1v) is 29.0. The van der Waals surface area contributed by atoms with Crippen LogP contribution < -0.4 is 0 Å². The molecule has 402 valence electrons. The molecule has 70 heavy (non-hydrogen) atoms. The number of aliphatic hydroxyl groups is 1. The predicted octanol–water partition coefficient (Wildman–Crippen LogP) is 15.9. The summed E-state index contributed by atoms with van der Waals surface area (Å²) in [4.78, 5) is 48.3. The van der Waals surface area contributed by atoms with Crippen molar-refractivity contribution in [3.8, 4) is 0 Å². The SMILES string of the molecule is CC/C=C\C/C=C\C/C=C\C/C=C\C/C=C\CC(=O)OCC(COP(=O)(O)OCC(CO)OC(=O)CCCCCCCCCCC)OC(=O)CCCCCCCCCCC/C=C\C/C=C\CCCCC. The van der Waals surface area contributed by atoms with Crippen LogP contribution in [0.4, 0.5) is 0 Å². The van der Waals surface area contributed by atoms with Crippen LogP contribution in [0.1, 0.15) is 226 Å². The smallest absolute Gasteiger partial charge is 0.461 e. The number of hydrogen-bond acceptors (Lipinski definition) is 10. The van der Waals surface area contributed by atoms with Gasteiger partial charge in [-0.15, -0.1) is 0 Å². The summed E-state index contributed by atoms with van der Waals surface area (Å²) < 4.78 is 39.3. The number of unbranched alkanes of at least 4 members (excludes halogenated alkanes) is 20. The van der Waals surface area contributed by atoms with Crippen LogP contribution in [-0.2, 0) is 42.2 Å². The second-order valence-corrected chi connectivity index (χ2v) is 19.5. The first kappa shape index (κ1) is 66.7. The van der Waals surface area contributed by atoms with Gasteiger partial charge >= 0.3 is 25.7 Å². The van der Waals surface area contributed by atoms with Gasteiger partial charge in [0.05, 0.1) is 26.2 Å². The minimum atomic E-state index is -4.76. The molecule has 0 heterocycles. The third-order valence-corrected chi connectivity index (χ3v) is 12.3. The van der Waals surface area contributed by atoms with E-state index in [1.807, 2.05) is 12.2 Å². The van der Waals surface area contributed by atoms with E-state index >= 15 is 0 Å². The lowest BCUT2D eigenvalue weighted by molar-refractivity contribution is -0.161. The van der Waals surface area contributed by atoms with E-state index in [4.69, 9.17) is 23.3 Å². The van der Waals surface area contributed by atoms with Crippen molar-refractivity contribution in [1.29, 1.82) is 0 Å². The van der Waals surface area contributed by atoms with E-state index in [1.54, 1.807) is 6.08 Å². The van der Waals surface area contributed by atoms with Crippen LogP contribution in [0, 0.1) is 0 Å². The van der Waals surface area contributed by atoms with Crippen LogP contribution >= 0.6 is 7.82 Å². The van der Waals surface area contributed by atoms with Gasteiger partial charge in [-0.25, -0.2) is 4.57 Å². The zero-order chi connectivity index (χ0) is 51.3. The molecular formula is C58H99O11P. The summed E-state index contributed by atoms with van der Waals surface area (Å²) in [7, 11) is -4.76. The molecule has 3 unspecified atom stereocenters. The van der Waals surface area contributed by atoms with Crippen LogP contribution in [0.15, 0.2) is 85.1 Å². The van der Waals surface area contributed by atoms with Gasteiger partial charge in [-0.3, -0.25) is 23.4 Å². The van der Waals surface area contributed by atoms with Crippen molar-refractivity contribution in [2.75, 3.05) is 26.4 Å². The number of carbonyl (C=O) groups is 3. The van der Waals surface area contributed by atoms with Crippen LogP contribution in [0.2, 0.25) is 0 Å². The highest BCUT2D eigenvalue weighted by Crippen LogP contribution is 2.43. The lowest BCUT2D eigenvalue weighted by Crippen LogP contribution is -2.30. The second-order valence-electron chi connectivity index (χ2n) is 18.0. The number of rotatable bonds is 50.